The molecule has 0 unspecified atom stereocenters. The van der Waals surface area contributed by atoms with Crippen molar-refractivity contribution in [1.29, 1.82) is 0 Å². The number of para-hydroxylation sites is 1. The molecule has 1 heterocycles. The van der Waals surface area contributed by atoms with Gasteiger partial charge in [-0.2, -0.15) is 9.97 Å². The van der Waals surface area contributed by atoms with Crippen LogP contribution in [-0.4, -0.2) is 35.9 Å². The summed E-state index contributed by atoms with van der Waals surface area (Å²) >= 11 is 0. The van der Waals surface area contributed by atoms with Crippen LogP contribution in [0.5, 0.6) is 23.5 Å². The van der Waals surface area contributed by atoms with E-state index in [-0.39, 0.29) is 6.01 Å². The highest BCUT2D eigenvalue weighted by molar-refractivity contribution is 5.84. The van der Waals surface area contributed by atoms with Gasteiger partial charge in [-0.15, -0.1) is 6.42 Å². The van der Waals surface area contributed by atoms with E-state index in [1.807, 2.05) is 32.0 Å². The minimum Gasteiger partial charge on any atom is -0.481 e. The molecule has 0 fully saturated rings. The van der Waals surface area contributed by atoms with Crippen molar-refractivity contribution in [3.63, 3.8) is 0 Å². The molecule has 0 aliphatic heterocycles. The molecule has 0 spiro atoms. The van der Waals surface area contributed by atoms with Crippen molar-refractivity contribution in [2.45, 2.75) is 19.4 Å². The SMILES string of the molecule is C#CC(C)(C)N=Cc1ccccc1Oc1nc(OC)cc(OC)n1. The Labute approximate surface area is 141 Å². The molecule has 0 N–H and O–H groups in total. The summed E-state index contributed by atoms with van der Waals surface area (Å²) in [5.74, 6) is 3.85. The van der Waals surface area contributed by atoms with Crippen molar-refractivity contribution in [3.8, 4) is 35.9 Å². The van der Waals surface area contributed by atoms with E-state index >= 15 is 0 Å². The largest absolute Gasteiger partial charge is 0.481 e. The van der Waals surface area contributed by atoms with Crippen LogP contribution >= 0.6 is 0 Å². The van der Waals surface area contributed by atoms with Gasteiger partial charge < -0.3 is 14.2 Å². The van der Waals surface area contributed by atoms with Gasteiger partial charge in [0.2, 0.25) is 11.8 Å². The summed E-state index contributed by atoms with van der Waals surface area (Å²) in [7, 11) is 3.02. The number of nitrogens with zero attached hydrogens (tertiary/aromatic N) is 3. The zero-order valence-corrected chi connectivity index (χ0v) is 14.1. The fourth-order valence-electron chi connectivity index (χ4n) is 1.69. The topological polar surface area (TPSA) is 65.8 Å². The van der Waals surface area contributed by atoms with Crippen molar-refractivity contribution < 1.29 is 14.2 Å². The molecular formula is C18H19N3O3. The Morgan fingerprint density at radius 2 is 1.75 bits per heavy atom. The van der Waals surface area contributed by atoms with Crippen LogP contribution in [0.4, 0.5) is 0 Å². The number of benzene rings is 1. The van der Waals surface area contributed by atoms with E-state index in [1.54, 1.807) is 18.3 Å². The third kappa shape index (κ3) is 4.46. The van der Waals surface area contributed by atoms with E-state index in [4.69, 9.17) is 20.6 Å². The number of hydrogen-bond donors (Lipinski definition) is 0. The van der Waals surface area contributed by atoms with Gasteiger partial charge in [0.25, 0.3) is 0 Å². The van der Waals surface area contributed by atoms with Crippen molar-refractivity contribution in [1.82, 2.24) is 9.97 Å². The third-order valence-electron chi connectivity index (χ3n) is 3.08. The Balaban J connectivity index is 2.33. The number of aliphatic imine (C=N–C) groups is 1. The van der Waals surface area contributed by atoms with E-state index in [0.717, 1.165) is 5.56 Å². The van der Waals surface area contributed by atoms with Gasteiger partial charge in [-0.1, -0.05) is 18.1 Å². The lowest BCUT2D eigenvalue weighted by atomic mass is 10.1. The molecule has 2 rings (SSSR count). The van der Waals surface area contributed by atoms with Gasteiger partial charge in [-0.05, 0) is 26.0 Å². The lowest BCUT2D eigenvalue weighted by molar-refractivity contribution is 0.348. The molecule has 6 nitrogen and oxygen atoms in total. The molecule has 0 aliphatic rings. The van der Waals surface area contributed by atoms with Crippen LogP contribution in [-0.2, 0) is 0 Å². The second-order valence-corrected chi connectivity index (χ2v) is 5.34. The maximum absolute atomic E-state index is 5.77. The van der Waals surface area contributed by atoms with Crippen LogP contribution < -0.4 is 14.2 Å². The number of hydrogen-bond acceptors (Lipinski definition) is 6. The molecule has 0 aliphatic carbocycles. The number of ether oxygens (including phenoxy) is 3. The highest BCUT2D eigenvalue weighted by Gasteiger charge is 2.12. The fraction of sp³-hybridized carbons (Fsp3) is 0.278. The third-order valence-corrected chi connectivity index (χ3v) is 3.08. The lowest BCUT2D eigenvalue weighted by Gasteiger charge is -2.12. The van der Waals surface area contributed by atoms with Gasteiger partial charge in [-0.3, -0.25) is 4.99 Å². The maximum atomic E-state index is 5.77. The Morgan fingerprint density at radius 1 is 1.12 bits per heavy atom. The summed E-state index contributed by atoms with van der Waals surface area (Å²) < 4.78 is 16.0. The van der Waals surface area contributed by atoms with Gasteiger partial charge in [0.1, 0.15) is 11.3 Å². The van der Waals surface area contributed by atoms with Crippen LogP contribution in [0.2, 0.25) is 0 Å². The number of methoxy groups -OCH3 is 2. The normalized spacial score (nSPS) is 11.1. The Morgan fingerprint density at radius 3 is 2.33 bits per heavy atom. The van der Waals surface area contributed by atoms with E-state index in [0.29, 0.717) is 17.5 Å². The van der Waals surface area contributed by atoms with Crippen LogP contribution in [0.25, 0.3) is 0 Å². The summed E-state index contributed by atoms with van der Waals surface area (Å²) in [6.07, 6.45) is 7.13. The first-order valence-electron chi connectivity index (χ1n) is 7.24. The molecule has 0 saturated carbocycles. The highest BCUT2D eigenvalue weighted by Crippen LogP contribution is 2.25. The molecule has 6 heteroatoms. The van der Waals surface area contributed by atoms with Crippen molar-refractivity contribution in [2.24, 2.45) is 4.99 Å². The van der Waals surface area contributed by atoms with E-state index in [1.165, 1.54) is 14.2 Å². The summed E-state index contributed by atoms with van der Waals surface area (Å²) in [6.45, 7) is 3.70. The van der Waals surface area contributed by atoms with Crippen molar-refractivity contribution in [3.05, 3.63) is 35.9 Å². The molecule has 0 saturated heterocycles. The van der Waals surface area contributed by atoms with E-state index in [9.17, 15) is 0 Å². The molecule has 0 atom stereocenters. The smallest absolute Gasteiger partial charge is 0.328 e. The zero-order valence-electron chi connectivity index (χ0n) is 14.1. The Hall–Kier alpha value is -3.07. The van der Waals surface area contributed by atoms with Gasteiger partial charge >= 0.3 is 6.01 Å². The minimum atomic E-state index is -0.594. The predicted molar refractivity (Wildman–Crippen MR) is 92.2 cm³/mol. The summed E-state index contributed by atoms with van der Waals surface area (Å²) in [5.41, 5.74) is 0.161. The molecule has 2 aromatic rings. The van der Waals surface area contributed by atoms with Gasteiger partial charge in [0.15, 0.2) is 0 Å². The molecule has 0 radical (unpaired) electrons. The molecule has 0 bridgehead atoms. The first-order valence-corrected chi connectivity index (χ1v) is 7.24. The van der Waals surface area contributed by atoms with E-state index in [2.05, 4.69) is 20.9 Å². The fourth-order valence-corrected chi connectivity index (χ4v) is 1.69. The van der Waals surface area contributed by atoms with Crippen molar-refractivity contribution >= 4 is 6.21 Å². The van der Waals surface area contributed by atoms with Crippen molar-refractivity contribution in [2.75, 3.05) is 14.2 Å². The Bertz CT molecular complexity index is 757. The number of rotatable bonds is 6. The van der Waals surface area contributed by atoms with Crippen LogP contribution in [0.3, 0.4) is 0 Å². The predicted octanol–water partition coefficient (Wildman–Crippen LogP) is 3.12. The number of terminal acetylenes is 1. The van der Waals surface area contributed by atoms with Gasteiger partial charge in [-0.25, -0.2) is 0 Å². The minimum absolute atomic E-state index is 0.114. The maximum Gasteiger partial charge on any atom is 0.328 e. The molecule has 0 amide bonds. The first kappa shape index (κ1) is 17.3. The average Bonchev–Trinajstić information content (AvgIpc) is 2.60. The van der Waals surface area contributed by atoms with Crippen LogP contribution in [0.15, 0.2) is 35.3 Å². The first-order chi connectivity index (χ1) is 11.5. The quantitative estimate of drug-likeness (QED) is 0.603. The summed E-state index contributed by atoms with van der Waals surface area (Å²) in [5, 5.41) is 0. The lowest BCUT2D eigenvalue weighted by Crippen LogP contribution is -2.13. The second-order valence-electron chi connectivity index (χ2n) is 5.34. The molecule has 124 valence electrons. The molecule has 24 heavy (non-hydrogen) atoms. The van der Waals surface area contributed by atoms with E-state index < -0.39 is 5.54 Å². The molecule has 1 aromatic carbocycles. The van der Waals surface area contributed by atoms with Gasteiger partial charge in [0, 0.05) is 11.8 Å². The van der Waals surface area contributed by atoms with Crippen LogP contribution in [0.1, 0.15) is 19.4 Å². The standard InChI is InChI=1S/C18H19N3O3/c1-6-18(2,3)19-12-13-9-7-8-10-14(13)24-17-20-15(22-4)11-16(21-17)23-5/h1,7-12H,2-5H3. The number of aromatic nitrogens is 2. The monoisotopic (exact) mass is 325 g/mol. The van der Waals surface area contributed by atoms with Gasteiger partial charge in [0.05, 0.1) is 20.3 Å². The highest BCUT2D eigenvalue weighted by atomic mass is 16.5. The molecule has 1 aromatic heterocycles. The average molecular weight is 325 g/mol. The molecular weight excluding hydrogens is 306 g/mol. The second kappa shape index (κ2) is 7.47. The summed E-state index contributed by atoms with van der Waals surface area (Å²) in [4.78, 5) is 12.7. The Kier molecular flexibility index (Phi) is 5.38. The zero-order chi connectivity index (χ0) is 17.6. The summed E-state index contributed by atoms with van der Waals surface area (Å²) in [6, 6.07) is 9.06. The van der Waals surface area contributed by atoms with Crippen LogP contribution in [0, 0.1) is 12.3 Å².